The summed E-state index contributed by atoms with van der Waals surface area (Å²) in [6, 6.07) is 8.13. The number of phenols is 6. The first-order valence-corrected chi connectivity index (χ1v) is 13.0. The van der Waals surface area contributed by atoms with Crippen molar-refractivity contribution < 1.29 is 67.5 Å². The van der Waals surface area contributed by atoms with Crippen LogP contribution in [0.2, 0.25) is 0 Å². The predicted molar refractivity (Wildman–Crippen MR) is 147 cm³/mol. The second kappa shape index (κ2) is 15.1. The van der Waals surface area contributed by atoms with E-state index in [9.17, 15) is 27.6 Å². The predicted octanol–water partition coefficient (Wildman–Crippen LogP) is 3.74. The molecule has 0 aromatic heterocycles. The number of piperazine rings is 3. The molecule has 3 aromatic carbocycles. The van der Waals surface area contributed by atoms with Crippen molar-refractivity contribution in [1.82, 2.24) is 0 Å². The van der Waals surface area contributed by atoms with Crippen molar-refractivity contribution in [1.29, 1.82) is 0 Å². The lowest BCUT2D eigenvalue weighted by Gasteiger charge is -2.48. The number of hydrogen-bond donors (Lipinski definition) is 6. The number of aldehydes is 3. The van der Waals surface area contributed by atoms with E-state index in [0.717, 1.165) is 54.4 Å². The monoisotopic (exact) mass is 630 g/mol. The topological polar surface area (TPSA) is 173 Å². The highest BCUT2D eigenvalue weighted by Crippen LogP contribution is 2.28. The third-order valence-electron chi connectivity index (χ3n) is 6.80. The summed E-state index contributed by atoms with van der Waals surface area (Å²) in [5, 5.41) is 52.7. The molecule has 2 bridgehead atoms. The van der Waals surface area contributed by atoms with E-state index in [1.165, 1.54) is 12.1 Å². The van der Waals surface area contributed by atoms with E-state index in [1.807, 2.05) is 0 Å². The van der Waals surface area contributed by atoms with Crippen LogP contribution >= 0.6 is 11.6 Å². The molecule has 0 radical (unpaired) electrons. The highest BCUT2D eigenvalue weighted by atomic mass is 35.5. The normalized spacial score (nSPS) is 19.7. The van der Waals surface area contributed by atoms with Crippen LogP contribution in [0.15, 0.2) is 42.5 Å². The second-order valence-electron chi connectivity index (χ2n) is 9.63. The van der Waals surface area contributed by atoms with Gasteiger partial charge in [-0.15, -0.1) is 4.71 Å². The molecule has 43 heavy (non-hydrogen) atoms. The second-order valence-corrected chi connectivity index (χ2v) is 9.87. The average Bonchev–Trinajstić information content (AvgIpc) is 3.00. The first kappa shape index (κ1) is 34.7. The summed E-state index contributed by atoms with van der Waals surface area (Å²) in [5.41, 5.74) is -0.182. The number of phenolic OH excluding ortho intramolecular Hbond substituents is 6. The maximum atomic E-state index is 13.5. The molecule has 6 rings (SSSR count). The molecule has 3 aromatic rings. The summed E-state index contributed by atoms with van der Waals surface area (Å²) < 4.78 is 39.2. The molecule has 15 heteroatoms. The van der Waals surface area contributed by atoms with Gasteiger partial charge in [0.1, 0.15) is 36.9 Å². The highest BCUT2D eigenvalue weighted by molar-refractivity contribution is 6.17. The van der Waals surface area contributed by atoms with E-state index in [4.69, 9.17) is 42.2 Å². The molecule has 0 amide bonds. The van der Waals surface area contributed by atoms with Crippen LogP contribution in [-0.4, -0.2) is 104 Å². The molecule has 3 heterocycles. The highest BCUT2D eigenvalue weighted by Gasteiger charge is 2.50. The summed E-state index contributed by atoms with van der Waals surface area (Å²) in [5.74, 6) is -4.95. The Kier molecular flexibility index (Phi) is 12.2. The smallest absolute Gasteiger partial charge is 0.207 e. The van der Waals surface area contributed by atoms with E-state index >= 15 is 0 Å². The summed E-state index contributed by atoms with van der Waals surface area (Å²) >= 11 is 5.85. The zero-order valence-electron chi connectivity index (χ0n) is 22.5. The molecule has 0 spiro atoms. The largest absolute Gasteiger partial charge is 0.508 e. The van der Waals surface area contributed by atoms with Crippen molar-refractivity contribution in [2.45, 2.75) is 0 Å². The van der Waals surface area contributed by atoms with Crippen LogP contribution in [0, 0.1) is 11.6 Å². The first-order chi connectivity index (χ1) is 20.2. The van der Waals surface area contributed by atoms with Crippen LogP contribution < -0.4 is 0 Å². The molecule has 0 saturated carbocycles. The lowest BCUT2D eigenvalue weighted by Crippen LogP contribution is -2.71. The van der Waals surface area contributed by atoms with Gasteiger partial charge in [0.2, 0.25) is 5.82 Å². The Labute approximate surface area is 248 Å². The van der Waals surface area contributed by atoms with Crippen LogP contribution in [0.1, 0.15) is 31.1 Å². The summed E-state index contributed by atoms with van der Waals surface area (Å²) in [7, 11) is 0. The Morgan fingerprint density at radius 2 is 1.16 bits per heavy atom. The number of benzene rings is 3. The lowest BCUT2D eigenvalue weighted by molar-refractivity contribution is -1.15. The van der Waals surface area contributed by atoms with Crippen molar-refractivity contribution in [3.05, 3.63) is 70.8 Å². The van der Waals surface area contributed by atoms with E-state index in [1.54, 1.807) is 0 Å². The maximum Gasteiger partial charge on any atom is 0.207 e. The van der Waals surface area contributed by atoms with Gasteiger partial charge in [-0.3, -0.25) is 18.9 Å². The Hall–Kier alpha value is -4.53. The van der Waals surface area contributed by atoms with Gasteiger partial charge in [-0.1, -0.05) is 11.6 Å². The number of fused-ring (bicyclic) bond motifs is 3. The summed E-state index contributed by atoms with van der Waals surface area (Å²) in [6.45, 7) is 4.81. The van der Waals surface area contributed by atoms with Crippen LogP contribution in [0.3, 0.4) is 0 Å². The SMILES string of the molecule is F[N+]12CC[N+](CCl)(CC1)CC2.O=Cc1cc(F)c(O)cc1O.O=Cc1ccc(O)c(F)c1O.O=Cc1ccc(O)cc1O. The minimum absolute atomic E-state index is 0.0527. The standard InChI is InChI=1S/C7H14ClFN2.2C7H5FO3.C7H6O3/c8-7-10-1-4-11(9,5-2-10)6-3-10;8-5-1-4(3-9)6(10)2-7(5)11;8-6-5(10)2-1-4(3-9)7(6)11;8-4-5-1-2-6(9)3-7(5)10/h1-7H2;2*1-3,10-11H;1-4,9-10H/q+2;;;. The molecule has 11 nitrogen and oxygen atoms in total. The molecule has 6 N–H and O–H groups in total. The van der Waals surface area contributed by atoms with E-state index in [-0.39, 0.29) is 32.9 Å². The Balaban J connectivity index is 0.000000200. The summed E-state index contributed by atoms with van der Waals surface area (Å²) in [6.07, 6.45) is 1.13. The molecule has 0 aliphatic carbocycles. The number of carbonyl (C=O) groups is 3. The van der Waals surface area contributed by atoms with E-state index in [0.29, 0.717) is 44.5 Å². The maximum absolute atomic E-state index is 13.5. The lowest BCUT2D eigenvalue weighted by atomic mass is 10.2. The molecular formula is C28H30ClF3N2O9+2. The van der Waals surface area contributed by atoms with Gasteiger partial charge in [0.05, 0.1) is 16.7 Å². The van der Waals surface area contributed by atoms with Crippen LogP contribution in [0.4, 0.5) is 13.3 Å². The molecule has 3 aliphatic heterocycles. The zero-order valence-corrected chi connectivity index (χ0v) is 23.3. The van der Waals surface area contributed by atoms with Crippen LogP contribution in [0.5, 0.6) is 34.5 Å². The molecule has 232 valence electrons. The van der Waals surface area contributed by atoms with E-state index in [2.05, 4.69) is 0 Å². The molecule has 0 unspecified atom stereocenters. The van der Waals surface area contributed by atoms with Gasteiger partial charge in [-0.05, 0) is 34.8 Å². The first-order valence-electron chi connectivity index (χ1n) is 12.5. The Morgan fingerprint density at radius 1 is 0.651 bits per heavy atom. The fourth-order valence-electron chi connectivity index (χ4n) is 3.98. The van der Waals surface area contributed by atoms with Crippen molar-refractivity contribution in [3.8, 4) is 34.5 Å². The fourth-order valence-corrected chi connectivity index (χ4v) is 4.34. The van der Waals surface area contributed by atoms with Crippen molar-refractivity contribution >= 4 is 30.5 Å². The summed E-state index contributed by atoms with van der Waals surface area (Å²) in [4.78, 5) is 30.3. The number of hydrogen-bond acceptors (Lipinski definition) is 9. The minimum atomic E-state index is -1.17. The number of carbonyl (C=O) groups excluding carboxylic acids is 3. The van der Waals surface area contributed by atoms with Gasteiger partial charge in [0, 0.05) is 12.1 Å². The van der Waals surface area contributed by atoms with Gasteiger partial charge in [-0.2, -0.15) is 4.39 Å². The third kappa shape index (κ3) is 9.23. The number of halogens is 4. The number of alkyl halides is 1. The van der Waals surface area contributed by atoms with Gasteiger partial charge < -0.3 is 30.6 Å². The number of quaternary nitrogens is 2. The number of aromatic hydroxyl groups is 6. The van der Waals surface area contributed by atoms with Crippen molar-refractivity contribution in [3.63, 3.8) is 0 Å². The Morgan fingerprint density at radius 3 is 1.65 bits per heavy atom. The van der Waals surface area contributed by atoms with Gasteiger partial charge in [-0.25, -0.2) is 4.39 Å². The van der Waals surface area contributed by atoms with Crippen molar-refractivity contribution in [2.24, 2.45) is 0 Å². The number of rotatable bonds is 4. The fraction of sp³-hybridized carbons (Fsp3) is 0.250. The van der Waals surface area contributed by atoms with Gasteiger partial charge in [0.25, 0.3) is 0 Å². The van der Waals surface area contributed by atoms with Crippen molar-refractivity contribution in [2.75, 3.05) is 45.3 Å². The quantitative estimate of drug-likeness (QED) is 0.0826. The van der Waals surface area contributed by atoms with Gasteiger partial charge in [0.15, 0.2) is 67.6 Å². The molecule has 3 fully saturated rings. The average molecular weight is 631 g/mol. The molecular weight excluding hydrogens is 601 g/mol. The molecule has 3 saturated heterocycles. The molecule has 0 atom stereocenters. The number of nitrogens with zero attached hydrogens (tertiary/aromatic N) is 2. The minimum Gasteiger partial charge on any atom is -0.508 e. The third-order valence-corrected chi connectivity index (χ3v) is 7.30. The van der Waals surface area contributed by atoms with Crippen LogP contribution in [-0.2, 0) is 0 Å². The van der Waals surface area contributed by atoms with Crippen LogP contribution in [0.25, 0.3) is 0 Å². The van der Waals surface area contributed by atoms with Gasteiger partial charge >= 0.3 is 0 Å². The zero-order chi connectivity index (χ0) is 32.4. The van der Waals surface area contributed by atoms with E-state index < -0.39 is 34.6 Å². The molecule has 3 aliphatic rings. The Bertz CT molecular complexity index is 1430.